The Hall–Kier alpha value is -1.39. The van der Waals surface area contributed by atoms with E-state index in [-0.39, 0.29) is 0 Å². The SMILES string of the molecule is CNCc1cnc(N(C)Cc2ccsc2)c(C)c1. The van der Waals surface area contributed by atoms with Crippen LogP contribution < -0.4 is 10.2 Å². The average molecular weight is 261 g/mol. The van der Waals surface area contributed by atoms with E-state index < -0.39 is 0 Å². The molecule has 2 heterocycles. The molecule has 0 aliphatic rings. The molecular formula is C14H19N3S. The zero-order valence-corrected chi connectivity index (χ0v) is 11.9. The van der Waals surface area contributed by atoms with E-state index in [0.717, 1.165) is 18.9 Å². The molecule has 0 saturated carbocycles. The average Bonchev–Trinajstić information content (AvgIpc) is 2.82. The Kier molecular flexibility index (Phi) is 4.33. The summed E-state index contributed by atoms with van der Waals surface area (Å²) in [6, 6.07) is 4.36. The van der Waals surface area contributed by atoms with E-state index in [4.69, 9.17) is 0 Å². The molecule has 0 atom stereocenters. The van der Waals surface area contributed by atoms with E-state index in [2.05, 4.69) is 52.1 Å². The molecule has 0 fully saturated rings. The fourth-order valence-electron chi connectivity index (χ4n) is 2.06. The van der Waals surface area contributed by atoms with Gasteiger partial charge in [0.1, 0.15) is 5.82 Å². The quantitative estimate of drug-likeness (QED) is 0.897. The largest absolute Gasteiger partial charge is 0.355 e. The molecule has 1 N–H and O–H groups in total. The highest BCUT2D eigenvalue weighted by molar-refractivity contribution is 7.07. The van der Waals surface area contributed by atoms with Gasteiger partial charge in [-0.3, -0.25) is 0 Å². The van der Waals surface area contributed by atoms with E-state index in [1.807, 2.05) is 13.2 Å². The maximum atomic E-state index is 4.57. The van der Waals surface area contributed by atoms with Crippen LogP contribution in [-0.4, -0.2) is 19.1 Å². The lowest BCUT2D eigenvalue weighted by Gasteiger charge is -2.20. The number of hydrogen-bond donors (Lipinski definition) is 1. The van der Waals surface area contributed by atoms with Crippen LogP contribution in [0.15, 0.2) is 29.1 Å². The molecule has 0 spiro atoms. The minimum absolute atomic E-state index is 0.863. The van der Waals surface area contributed by atoms with Gasteiger partial charge >= 0.3 is 0 Å². The van der Waals surface area contributed by atoms with E-state index in [9.17, 15) is 0 Å². The minimum atomic E-state index is 0.863. The topological polar surface area (TPSA) is 28.2 Å². The summed E-state index contributed by atoms with van der Waals surface area (Å²) in [5, 5.41) is 7.44. The Morgan fingerprint density at radius 3 is 2.83 bits per heavy atom. The zero-order valence-electron chi connectivity index (χ0n) is 11.1. The van der Waals surface area contributed by atoms with Crippen molar-refractivity contribution < 1.29 is 0 Å². The summed E-state index contributed by atoms with van der Waals surface area (Å²) >= 11 is 1.73. The van der Waals surface area contributed by atoms with E-state index in [1.165, 1.54) is 16.7 Å². The van der Waals surface area contributed by atoms with Crippen molar-refractivity contribution in [3.05, 3.63) is 45.8 Å². The lowest BCUT2D eigenvalue weighted by Crippen LogP contribution is -2.19. The van der Waals surface area contributed by atoms with Crippen LogP contribution in [0.4, 0.5) is 5.82 Å². The van der Waals surface area contributed by atoms with Gasteiger partial charge in [-0.15, -0.1) is 0 Å². The number of aromatic nitrogens is 1. The standard InChI is InChI=1S/C14H19N3S/c1-11-6-13(7-15-2)8-16-14(11)17(3)9-12-4-5-18-10-12/h4-6,8,10,15H,7,9H2,1-3H3. The first kappa shape index (κ1) is 13.1. The number of aryl methyl sites for hydroxylation is 1. The Bertz CT molecular complexity index is 494. The number of nitrogens with zero attached hydrogens (tertiary/aromatic N) is 2. The zero-order chi connectivity index (χ0) is 13.0. The van der Waals surface area contributed by atoms with Crippen LogP contribution in [0.3, 0.4) is 0 Å². The molecule has 0 bridgehead atoms. The van der Waals surface area contributed by atoms with Crippen LogP contribution in [0, 0.1) is 6.92 Å². The molecule has 0 saturated heterocycles. The molecule has 0 aliphatic heterocycles. The Labute approximate surface area is 112 Å². The number of pyridine rings is 1. The van der Waals surface area contributed by atoms with Crippen LogP contribution in [0.1, 0.15) is 16.7 Å². The predicted molar refractivity (Wildman–Crippen MR) is 78.2 cm³/mol. The number of hydrogen-bond acceptors (Lipinski definition) is 4. The maximum Gasteiger partial charge on any atom is 0.131 e. The normalized spacial score (nSPS) is 10.6. The lowest BCUT2D eigenvalue weighted by atomic mass is 10.2. The molecule has 4 heteroatoms. The van der Waals surface area contributed by atoms with Crippen molar-refractivity contribution >= 4 is 17.2 Å². The van der Waals surface area contributed by atoms with Crippen LogP contribution >= 0.6 is 11.3 Å². The van der Waals surface area contributed by atoms with Crippen molar-refractivity contribution in [3.63, 3.8) is 0 Å². The van der Waals surface area contributed by atoms with Crippen molar-refractivity contribution in [1.29, 1.82) is 0 Å². The van der Waals surface area contributed by atoms with E-state index in [0.29, 0.717) is 0 Å². The van der Waals surface area contributed by atoms with Crippen molar-refractivity contribution in [2.24, 2.45) is 0 Å². The molecule has 2 aromatic rings. The van der Waals surface area contributed by atoms with Crippen molar-refractivity contribution in [2.45, 2.75) is 20.0 Å². The number of rotatable bonds is 5. The van der Waals surface area contributed by atoms with E-state index >= 15 is 0 Å². The fraction of sp³-hybridized carbons (Fsp3) is 0.357. The third kappa shape index (κ3) is 3.09. The first-order valence-corrected chi connectivity index (χ1v) is 6.97. The monoisotopic (exact) mass is 261 g/mol. The Morgan fingerprint density at radius 2 is 2.22 bits per heavy atom. The summed E-state index contributed by atoms with van der Waals surface area (Å²) in [7, 11) is 4.04. The predicted octanol–water partition coefficient (Wildman–Crippen LogP) is 2.81. The van der Waals surface area contributed by atoms with Gasteiger partial charge in [0.2, 0.25) is 0 Å². The highest BCUT2D eigenvalue weighted by Gasteiger charge is 2.08. The van der Waals surface area contributed by atoms with Gasteiger partial charge in [0.05, 0.1) is 0 Å². The summed E-state index contributed by atoms with van der Waals surface area (Å²) in [5.74, 6) is 1.06. The van der Waals surface area contributed by atoms with Gasteiger partial charge in [-0.25, -0.2) is 4.98 Å². The third-order valence-corrected chi connectivity index (χ3v) is 3.58. The second-order valence-corrected chi connectivity index (χ2v) is 5.28. The molecule has 96 valence electrons. The highest BCUT2D eigenvalue weighted by Crippen LogP contribution is 2.19. The summed E-state index contributed by atoms with van der Waals surface area (Å²) < 4.78 is 0. The molecule has 0 amide bonds. The van der Waals surface area contributed by atoms with Gasteiger partial charge in [0, 0.05) is 26.3 Å². The van der Waals surface area contributed by atoms with E-state index in [1.54, 1.807) is 11.3 Å². The van der Waals surface area contributed by atoms with Crippen LogP contribution in [0.5, 0.6) is 0 Å². The summed E-state index contributed by atoms with van der Waals surface area (Å²) in [5.41, 5.74) is 3.78. The van der Waals surface area contributed by atoms with Crippen molar-refractivity contribution in [3.8, 4) is 0 Å². The molecule has 18 heavy (non-hydrogen) atoms. The van der Waals surface area contributed by atoms with Gasteiger partial charge < -0.3 is 10.2 Å². The highest BCUT2D eigenvalue weighted by atomic mass is 32.1. The number of nitrogens with one attached hydrogen (secondary N) is 1. The molecule has 2 rings (SSSR count). The number of anilines is 1. The summed E-state index contributed by atoms with van der Waals surface area (Å²) in [6.45, 7) is 3.89. The first-order chi connectivity index (χ1) is 8.70. The Balaban J connectivity index is 2.12. The minimum Gasteiger partial charge on any atom is -0.355 e. The number of thiophene rings is 1. The van der Waals surface area contributed by atoms with Gasteiger partial charge in [-0.1, -0.05) is 0 Å². The third-order valence-electron chi connectivity index (χ3n) is 2.85. The van der Waals surface area contributed by atoms with Crippen LogP contribution in [0.2, 0.25) is 0 Å². The van der Waals surface area contributed by atoms with Crippen molar-refractivity contribution in [1.82, 2.24) is 10.3 Å². The molecule has 2 aromatic heterocycles. The summed E-state index contributed by atoms with van der Waals surface area (Å²) in [6.07, 6.45) is 1.95. The van der Waals surface area contributed by atoms with Gasteiger partial charge in [-0.2, -0.15) is 11.3 Å². The second-order valence-electron chi connectivity index (χ2n) is 4.50. The van der Waals surface area contributed by atoms with Crippen LogP contribution in [-0.2, 0) is 13.1 Å². The molecular weight excluding hydrogens is 242 g/mol. The second kappa shape index (κ2) is 5.98. The molecule has 0 aliphatic carbocycles. The molecule has 0 unspecified atom stereocenters. The van der Waals surface area contributed by atoms with Gasteiger partial charge in [0.15, 0.2) is 0 Å². The molecule has 3 nitrogen and oxygen atoms in total. The van der Waals surface area contributed by atoms with Crippen LogP contribution in [0.25, 0.3) is 0 Å². The van der Waals surface area contributed by atoms with Gasteiger partial charge in [0.25, 0.3) is 0 Å². The Morgan fingerprint density at radius 1 is 1.39 bits per heavy atom. The molecule has 0 radical (unpaired) electrons. The fourth-order valence-corrected chi connectivity index (χ4v) is 2.72. The van der Waals surface area contributed by atoms with Gasteiger partial charge in [-0.05, 0) is 53.6 Å². The first-order valence-electron chi connectivity index (χ1n) is 6.03. The maximum absolute atomic E-state index is 4.57. The smallest absolute Gasteiger partial charge is 0.131 e. The molecule has 0 aromatic carbocycles. The van der Waals surface area contributed by atoms with Crippen molar-refractivity contribution in [2.75, 3.05) is 19.0 Å². The lowest BCUT2D eigenvalue weighted by molar-refractivity contribution is 0.807. The summed E-state index contributed by atoms with van der Waals surface area (Å²) in [4.78, 5) is 6.76.